The van der Waals surface area contributed by atoms with E-state index in [1.165, 1.54) is 0 Å². The normalized spacial score (nSPS) is 17.6. The molecular weight excluding hydrogens is 172 g/mol. The van der Waals surface area contributed by atoms with E-state index in [1.54, 1.807) is 0 Å². The van der Waals surface area contributed by atoms with E-state index in [1.807, 2.05) is 0 Å². The van der Waals surface area contributed by atoms with Crippen LogP contribution in [0.5, 0.6) is 0 Å². The van der Waals surface area contributed by atoms with Crippen molar-refractivity contribution < 1.29 is 0 Å². The lowest BCUT2D eigenvalue weighted by atomic mass is 9.80. The second-order valence-electron chi connectivity index (χ2n) is 5.64. The van der Waals surface area contributed by atoms with Gasteiger partial charge in [-0.1, -0.05) is 27.7 Å². The molecule has 14 heavy (non-hydrogen) atoms. The lowest BCUT2D eigenvalue weighted by Gasteiger charge is -2.43. The SMILES string of the molecule is CCC(N)C(N(C)C(C)C)C(C)(C)C. The summed E-state index contributed by atoms with van der Waals surface area (Å²) < 4.78 is 0. The van der Waals surface area contributed by atoms with E-state index < -0.39 is 0 Å². The molecule has 2 heteroatoms. The predicted molar refractivity (Wildman–Crippen MR) is 64.4 cm³/mol. The molecule has 0 aliphatic carbocycles. The zero-order valence-electron chi connectivity index (χ0n) is 11.0. The lowest BCUT2D eigenvalue weighted by molar-refractivity contribution is 0.0751. The maximum atomic E-state index is 6.20. The van der Waals surface area contributed by atoms with Crippen LogP contribution in [0.15, 0.2) is 0 Å². The first-order valence-electron chi connectivity index (χ1n) is 5.69. The van der Waals surface area contributed by atoms with Gasteiger partial charge in [0.05, 0.1) is 0 Å². The van der Waals surface area contributed by atoms with Crippen molar-refractivity contribution in [1.29, 1.82) is 0 Å². The zero-order chi connectivity index (χ0) is 11.5. The largest absolute Gasteiger partial charge is 0.326 e. The Labute approximate surface area is 89.9 Å². The molecule has 0 saturated heterocycles. The Morgan fingerprint density at radius 2 is 1.64 bits per heavy atom. The Bertz CT molecular complexity index is 158. The summed E-state index contributed by atoms with van der Waals surface area (Å²) in [5.41, 5.74) is 6.44. The van der Waals surface area contributed by atoms with Crippen LogP contribution in [0.3, 0.4) is 0 Å². The van der Waals surface area contributed by atoms with Gasteiger partial charge in [0, 0.05) is 18.1 Å². The number of likely N-dealkylation sites (N-methyl/N-ethyl adjacent to an activating group) is 1. The molecule has 0 aromatic heterocycles. The van der Waals surface area contributed by atoms with E-state index in [0.29, 0.717) is 12.1 Å². The van der Waals surface area contributed by atoms with E-state index in [0.717, 1.165) is 6.42 Å². The van der Waals surface area contributed by atoms with Gasteiger partial charge in [-0.05, 0) is 32.7 Å². The molecule has 0 bridgehead atoms. The van der Waals surface area contributed by atoms with Gasteiger partial charge in [0.15, 0.2) is 0 Å². The van der Waals surface area contributed by atoms with Crippen molar-refractivity contribution in [2.24, 2.45) is 11.1 Å². The van der Waals surface area contributed by atoms with E-state index >= 15 is 0 Å². The van der Waals surface area contributed by atoms with Crippen LogP contribution in [0.4, 0.5) is 0 Å². The number of nitrogens with zero attached hydrogens (tertiary/aromatic N) is 1. The Morgan fingerprint density at radius 3 is 1.86 bits per heavy atom. The van der Waals surface area contributed by atoms with E-state index in [4.69, 9.17) is 5.73 Å². The van der Waals surface area contributed by atoms with Gasteiger partial charge < -0.3 is 5.73 Å². The molecule has 0 aromatic rings. The summed E-state index contributed by atoms with van der Waals surface area (Å²) in [7, 11) is 2.18. The van der Waals surface area contributed by atoms with Crippen LogP contribution in [-0.2, 0) is 0 Å². The Balaban J connectivity index is 4.73. The summed E-state index contributed by atoms with van der Waals surface area (Å²) >= 11 is 0. The predicted octanol–water partition coefficient (Wildman–Crippen LogP) is 2.48. The first-order valence-corrected chi connectivity index (χ1v) is 5.69. The van der Waals surface area contributed by atoms with E-state index in [-0.39, 0.29) is 11.5 Å². The van der Waals surface area contributed by atoms with Crippen LogP contribution >= 0.6 is 0 Å². The van der Waals surface area contributed by atoms with Crippen LogP contribution in [0.25, 0.3) is 0 Å². The van der Waals surface area contributed by atoms with Gasteiger partial charge in [0.2, 0.25) is 0 Å². The van der Waals surface area contributed by atoms with Gasteiger partial charge in [0.1, 0.15) is 0 Å². The highest BCUT2D eigenvalue weighted by Crippen LogP contribution is 2.27. The molecule has 0 rings (SSSR count). The molecule has 0 aliphatic rings. The van der Waals surface area contributed by atoms with Crippen molar-refractivity contribution in [2.45, 2.75) is 66.1 Å². The number of hydrogen-bond acceptors (Lipinski definition) is 2. The average molecular weight is 200 g/mol. The first-order chi connectivity index (χ1) is 6.21. The molecule has 0 radical (unpaired) electrons. The molecule has 0 aromatic carbocycles. The average Bonchev–Trinajstić information content (AvgIpc) is 2.01. The minimum atomic E-state index is 0.244. The second kappa shape index (κ2) is 5.13. The molecule has 2 atom stereocenters. The standard InChI is InChI=1S/C12H28N2/c1-8-10(13)11(12(4,5)6)14(7)9(2)3/h9-11H,8,13H2,1-7H3. The smallest absolute Gasteiger partial charge is 0.0295 e. The van der Waals surface area contributed by atoms with E-state index in [9.17, 15) is 0 Å². The first kappa shape index (κ1) is 13.9. The van der Waals surface area contributed by atoms with Crippen molar-refractivity contribution in [3.8, 4) is 0 Å². The summed E-state index contributed by atoms with van der Waals surface area (Å²) in [5, 5.41) is 0. The lowest BCUT2D eigenvalue weighted by Crippen LogP contribution is -2.55. The fraction of sp³-hybridized carbons (Fsp3) is 1.00. The third-order valence-electron chi connectivity index (χ3n) is 3.02. The minimum absolute atomic E-state index is 0.244. The Morgan fingerprint density at radius 1 is 1.21 bits per heavy atom. The molecular formula is C12H28N2. The monoisotopic (exact) mass is 200 g/mol. The summed E-state index contributed by atoms with van der Waals surface area (Å²) in [5.74, 6) is 0. The molecule has 2 nitrogen and oxygen atoms in total. The minimum Gasteiger partial charge on any atom is -0.326 e. The van der Waals surface area contributed by atoms with Crippen molar-refractivity contribution in [3.63, 3.8) is 0 Å². The maximum absolute atomic E-state index is 6.20. The Hall–Kier alpha value is -0.0800. The molecule has 2 N–H and O–H groups in total. The highest BCUT2D eigenvalue weighted by molar-refractivity contribution is 4.90. The van der Waals surface area contributed by atoms with Crippen molar-refractivity contribution >= 4 is 0 Å². The van der Waals surface area contributed by atoms with Crippen molar-refractivity contribution in [1.82, 2.24) is 4.90 Å². The highest BCUT2D eigenvalue weighted by Gasteiger charge is 2.33. The quantitative estimate of drug-likeness (QED) is 0.755. The third kappa shape index (κ3) is 3.58. The summed E-state index contributed by atoms with van der Waals surface area (Å²) in [6.07, 6.45) is 1.04. The maximum Gasteiger partial charge on any atom is 0.0295 e. The fourth-order valence-corrected chi connectivity index (χ4v) is 2.10. The molecule has 0 spiro atoms. The summed E-state index contributed by atoms with van der Waals surface area (Å²) in [4.78, 5) is 2.40. The topological polar surface area (TPSA) is 29.3 Å². The molecule has 0 aliphatic heterocycles. The van der Waals surface area contributed by atoms with Crippen LogP contribution in [0.1, 0.15) is 48.0 Å². The second-order valence-corrected chi connectivity index (χ2v) is 5.64. The van der Waals surface area contributed by atoms with Crippen molar-refractivity contribution in [3.05, 3.63) is 0 Å². The van der Waals surface area contributed by atoms with Gasteiger partial charge in [-0.2, -0.15) is 0 Å². The number of rotatable bonds is 4. The molecule has 0 heterocycles. The summed E-state index contributed by atoms with van der Waals surface area (Å²) in [6, 6.07) is 1.27. The molecule has 0 fully saturated rings. The highest BCUT2D eigenvalue weighted by atomic mass is 15.2. The molecule has 0 amide bonds. The zero-order valence-corrected chi connectivity index (χ0v) is 11.0. The summed E-state index contributed by atoms with van der Waals surface area (Å²) in [6.45, 7) is 13.4. The van der Waals surface area contributed by atoms with E-state index in [2.05, 4.69) is 53.5 Å². The number of hydrogen-bond donors (Lipinski definition) is 1. The van der Waals surface area contributed by atoms with Gasteiger partial charge in [-0.3, -0.25) is 4.90 Å². The van der Waals surface area contributed by atoms with Gasteiger partial charge in [0.25, 0.3) is 0 Å². The molecule has 2 unspecified atom stereocenters. The Kier molecular flexibility index (Phi) is 5.10. The van der Waals surface area contributed by atoms with Crippen molar-refractivity contribution in [2.75, 3.05) is 7.05 Å². The van der Waals surface area contributed by atoms with Crippen LogP contribution in [-0.4, -0.2) is 30.1 Å². The van der Waals surface area contributed by atoms with Gasteiger partial charge in [-0.25, -0.2) is 0 Å². The molecule has 0 saturated carbocycles. The van der Waals surface area contributed by atoms with Crippen LogP contribution < -0.4 is 5.73 Å². The van der Waals surface area contributed by atoms with Crippen LogP contribution in [0.2, 0.25) is 0 Å². The van der Waals surface area contributed by atoms with Gasteiger partial charge >= 0.3 is 0 Å². The number of nitrogens with two attached hydrogens (primary N) is 1. The molecule has 86 valence electrons. The van der Waals surface area contributed by atoms with Crippen LogP contribution in [0, 0.1) is 5.41 Å². The third-order valence-corrected chi connectivity index (χ3v) is 3.02. The fourth-order valence-electron chi connectivity index (χ4n) is 2.10. The van der Waals surface area contributed by atoms with Gasteiger partial charge in [-0.15, -0.1) is 0 Å².